The van der Waals surface area contributed by atoms with Gasteiger partial charge in [0.1, 0.15) is 0 Å². The van der Waals surface area contributed by atoms with Crippen LogP contribution >= 0.6 is 11.3 Å². The number of amides is 1. The molecule has 94 valence electrons. The molecule has 0 saturated carbocycles. The first-order valence-electron chi connectivity index (χ1n) is 5.72. The van der Waals surface area contributed by atoms with Gasteiger partial charge in [0.15, 0.2) is 0 Å². The molecule has 0 spiro atoms. The number of carbonyl (C=O) groups excluding carboxylic acids is 1. The van der Waals surface area contributed by atoms with Gasteiger partial charge >= 0.3 is 0 Å². The molecule has 2 N–H and O–H groups in total. The van der Waals surface area contributed by atoms with E-state index in [4.69, 9.17) is 5.73 Å². The SMILES string of the molecule is CN1CCN(Cc2cscn2)CC(C(N)=O)C1. The Hall–Kier alpha value is -0.980. The van der Waals surface area contributed by atoms with E-state index in [0.29, 0.717) is 0 Å². The minimum absolute atomic E-state index is 0.0823. The Morgan fingerprint density at radius 1 is 1.59 bits per heavy atom. The van der Waals surface area contributed by atoms with E-state index in [1.807, 2.05) is 17.9 Å². The van der Waals surface area contributed by atoms with Crippen molar-refractivity contribution in [3.8, 4) is 0 Å². The van der Waals surface area contributed by atoms with Crippen LogP contribution in [0.1, 0.15) is 5.69 Å². The zero-order chi connectivity index (χ0) is 12.3. The highest BCUT2D eigenvalue weighted by atomic mass is 32.1. The van der Waals surface area contributed by atoms with Crippen LogP contribution in [-0.2, 0) is 11.3 Å². The van der Waals surface area contributed by atoms with Crippen molar-refractivity contribution >= 4 is 17.2 Å². The van der Waals surface area contributed by atoms with Crippen molar-refractivity contribution in [2.75, 3.05) is 33.2 Å². The van der Waals surface area contributed by atoms with Crippen LogP contribution in [0, 0.1) is 5.92 Å². The third kappa shape index (κ3) is 3.49. The smallest absolute Gasteiger partial charge is 0.223 e. The van der Waals surface area contributed by atoms with Crippen LogP contribution in [0.3, 0.4) is 0 Å². The number of nitrogens with zero attached hydrogens (tertiary/aromatic N) is 3. The van der Waals surface area contributed by atoms with Crippen LogP contribution in [-0.4, -0.2) is 53.9 Å². The molecule has 5 nitrogen and oxygen atoms in total. The fraction of sp³-hybridized carbons (Fsp3) is 0.636. The minimum Gasteiger partial charge on any atom is -0.369 e. The Morgan fingerprint density at radius 2 is 2.41 bits per heavy atom. The average molecular weight is 254 g/mol. The molecule has 1 amide bonds. The number of carbonyl (C=O) groups is 1. The number of hydrogen-bond acceptors (Lipinski definition) is 5. The Morgan fingerprint density at radius 3 is 3.06 bits per heavy atom. The summed E-state index contributed by atoms with van der Waals surface area (Å²) in [5.74, 6) is -0.289. The zero-order valence-electron chi connectivity index (χ0n) is 10.0. The molecule has 0 radical (unpaired) electrons. The number of thiazole rings is 1. The van der Waals surface area contributed by atoms with Gasteiger partial charge < -0.3 is 10.6 Å². The predicted molar refractivity (Wildman–Crippen MR) is 67.6 cm³/mol. The summed E-state index contributed by atoms with van der Waals surface area (Å²) < 4.78 is 0. The maximum Gasteiger partial charge on any atom is 0.223 e. The molecule has 0 aromatic carbocycles. The van der Waals surface area contributed by atoms with Gasteiger partial charge in [-0.3, -0.25) is 9.69 Å². The second-order valence-corrected chi connectivity index (χ2v) is 5.30. The van der Waals surface area contributed by atoms with Gasteiger partial charge in [0.2, 0.25) is 5.91 Å². The van der Waals surface area contributed by atoms with Gasteiger partial charge in [-0.25, -0.2) is 4.98 Å². The van der Waals surface area contributed by atoms with Crippen molar-refractivity contribution in [3.05, 3.63) is 16.6 Å². The number of nitrogens with two attached hydrogens (primary N) is 1. The summed E-state index contributed by atoms with van der Waals surface area (Å²) in [5, 5.41) is 2.05. The maximum absolute atomic E-state index is 11.4. The summed E-state index contributed by atoms with van der Waals surface area (Å²) in [5.41, 5.74) is 8.34. The molecule has 1 aromatic heterocycles. The summed E-state index contributed by atoms with van der Waals surface area (Å²) in [6, 6.07) is 0. The van der Waals surface area contributed by atoms with Gasteiger partial charge in [0, 0.05) is 38.1 Å². The third-order valence-corrected chi connectivity index (χ3v) is 3.72. The van der Waals surface area contributed by atoms with Gasteiger partial charge in [-0.2, -0.15) is 0 Å². The van der Waals surface area contributed by atoms with E-state index in [1.54, 1.807) is 11.3 Å². The summed E-state index contributed by atoms with van der Waals surface area (Å²) in [6.07, 6.45) is 0. The molecule has 1 atom stereocenters. The number of primary amides is 1. The topological polar surface area (TPSA) is 62.5 Å². The van der Waals surface area contributed by atoms with Crippen molar-refractivity contribution in [2.24, 2.45) is 11.7 Å². The van der Waals surface area contributed by atoms with Gasteiger partial charge in [-0.05, 0) is 7.05 Å². The van der Waals surface area contributed by atoms with Crippen molar-refractivity contribution < 1.29 is 4.79 Å². The second-order valence-electron chi connectivity index (χ2n) is 4.58. The highest BCUT2D eigenvalue weighted by molar-refractivity contribution is 7.07. The minimum atomic E-state index is -0.206. The van der Waals surface area contributed by atoms with Crippen LogP contribution in [0.15, 0.2) is 10.9 Å². The fourth-order valence-electron chi connectivity index (χ4n) is 2.11. The average Bonchev–Trinajstić information content (AvgIpc) is 2.70. The van der Waals surface area contributed by atoms with Crippen molar-refractivity contribution in [1.29, 1.82) is 0 Å². The van der Waals surface area contributed by atoms with Crippen molar-refractivity contribution in [1.82, 2.24) is 14.8 Å². The number of likely N-dealkylation sites (N-methyl/N-ethyl adjacent to an activating group) is 1. The summed E-state index contributed by atoms with van der Waals surface area (Å²) >= 11 is 1.60. The van der Waals surface area contributed by atoms with Crippen LogP contribution in [0.4, 0.5) is 0 Å². The van der Waals surface area contributed by atoms with E-state index in [2.05, 4.69) is 14.8 Å². The third-order valence-electron chi connectivity index (χ3n) is 3.08. The van der Waals surface area contributed by atoms with Crippen molar-refractivity contribution in [2.45, 2.75) is 6.54 Å². The van der Waals surface area contributed by atoms with Crippen LogP contribution < -0.4 is 5.73 Å². The second kappa shape index (κ2) is 5.57. The zero-order valence-corrected chi connectivity index (χ0v) is 10.8. The Balaban J connectivity index is 1.99. The fourth-order valence-corrected chi connectivity index (χ4v) is 2.66. The van der Waals surface area contributed by atoms with Gasteiger partial charge in [-0.1, -0.05) is 0 Å². The standard InChI is InChI=1S/C11H18N4OS/c1-14-2-3-15(5-9(4-14)11(12)16)6-10-7-17-8-13-10/h7-9H,2-6H2,1H3,(H2,12,16). The van der Waals surface area contributed by atoms with Crippen LogP contribution in [0.25, 0.3) is 0 Å². The quantitative estimate of drug-likeness (QED) is 0.824. The molecule has 1 saturated heterocycles. The van der Waals surface area contributed by atoms with Crippen molar-refractivity contribution in [3.63, 3.8) is 0 Å². The van der Waals surface area contributed by atoms with E-state index in [0.717, 1.165) is 38.4 Å². The van der Waals surface area contributed by atoms with Gasteiger partial charge in [0.25, 0.3) is 0 Å². The molecule has 0 aliphatic carbocycles. The lowest BCUT2D eigenvalue weighted by molar-refractivity contribution is -0.122. The van der Waals surface area contributed by atoms with E-state index in [-0.39, 0.29) is 11.8 Å². The molecule has 0 bridgehead atoms. The number of aromatic nitrogens is 1. The Labute approximate surface area is 105 Å². The summed E-state index contributed by atoms with van der Waals surface area (Å²) in [7, 11) is 2.03. The first-order valence-corrected chi connectivity index (χ1v) is 6.66. The molecule has 17 heavy (non-hydrogen) atoms. The highest BCUT2D eigenvalue weighted by Gasteiger charge is 2.24. The summed E-state index contributed by atoms with van der Waals surface area (Å²) in [4.78, 5) is 20.1. The number of rotatable bonds is 3. The lowest BCUT2D eigenvalue weighted by atomic mass is 10.1. The molecule has 1 aliphatic heterocycles. The molecule has 1 aliphatic rings. The van der Waals surface area contributed by atoms with Crippen LogP contribution in [0.5, 0.6) is 0 Å². The largest absolute Gasteiger partial charge is 0.369 e. The van der Waals surface area contributed by atoms with E-state index in [9.17, 15) is 4.79 Å². The first kappa shape index (κ1) is 12.5. The monoisotopic (exact) mass is 254 g/mol. The molecular weight excluding hydrogens is 236 g/mol. The number of hydrogen-bond donors (Lipinski definition) is 1. The molecule has 2 heterocycles. The molecule has 1 aromatic rings. The highest BCUT2D eigenvalue weighted by Crippen LogP contribution is 2.12. The van der Waals surface area contributed by atoms with Gasteiger partial charge in [-0.15, -0.1) is 11.3 Å². The molecule has 1 unspecified atom stereocenters. The predicted octanol–water partition coefficient (Wildman–Crippen LogP) is -0.00800. The lowest BCUT2D eigenvalue weighted by Gasteiger charge is -2.21. The van der Waals surface area contributed by atoms with Crippen LogP contribution in [0.2, 0.25) is 0 Å². The first-order chi connectivity index (χ1) is 8.15. The Kier molecular flexibility index (Phi) is 4.09. The molecular formula is C11H18N4OS. The lowest BCUT2D eigenvalue weighted by Crippen LogP contribution is -2.37. The van der Waals surface area contributed by atoms with E-state index < -0.39 is 0 Å². The molecule has 1 fully saturated rings. The normalized spacial score (nSPS) is 23.5. The van der Waals surface area contributed by atoms with Gasteiger partial charge in [0.05, 0.1) is 17.1 Å². The Bertz CT molecular complexity index is 368. The van der Waals surface area contributed by atoms with E-state index >= 15 is 0 Å². The van der Waals surface area contributed by atoms with E-state index in [1.165, 1.54) is 0 Å². The molecule has 6 heteroatoms. The maximum atomic E-state index is 11.4. The molecule has 2 rings (SSSR count). The summed E-state index contributed by atoms with van der Waals surface area (Å²) in [6.45, 7) is 4.22.